The lowest BCUT2D eigenvalue weighted by atomic mass is 10.1. The Bertz CT molecular complexity index is 596. The van der Waals surface area contributed by atoms with E-state index in [1.165, 1.54) is 0 Å². The first-order chi connectivity index (χ1) is 8.58. The third-order valence-corrected chi connectivity index (χ3v) is 4.44. The molecular formula is C14H11I2NO. The summed E-state index contributed by atoms with van der Waals surface area (Å²) in [5.41, 5.74) is 2.64. The summed E-state index contributed by atoms with van der Waals surface area (Å²) in [4.78, 5) is 12.1. The summed E-state index contributed by atoms with van der Waals surface area (Å²) >= 11 is 4.46. The maximum atomic E-state index is 12.1. The number of carbonyl (C=O) groups excluding carboxylic acids is 1. The van der Waals surface area contributed by atoms with E-state index in [0.717, 1.165) is 18.4 Å². The first-order valence-electron chi connectivity index (χ1n) is 5.40. The van der Waals surface area contributed by atoms with Crippen LogP contribution < -0.4 is 5.32 Å². The standard InChI is InChI=1S/C14H11I2NO/c1-9-12(16)6-3-7-13(9)17-14(18)10-4-2-5-11(15)8-10/h2-8H,1H3,(H,17,18). The molecule has 0 saturated carbocycles. The molecule has 2 aromatic rings. The van der Waals surface area contributed by atoms with Crippen LogP contribution in [0, 0.1) is 14.1 Å². The zero-order valence-electron chi connectivity index (χ0n) is 9.71. The molecule has 0 atom stereocenters. The normalized spacial score (nSPS) is 10.2. The van der Waals surface area contributed by atoms with Gasteiger partial charge < -0.3 is 5.32 Å². The Balaban J connectivity index is 2.24. The van der Waals surface area contributed by atoms with Crippen molar-refractivity contribution in [3.05, 3.63) is 60.7 Å². The fourth-order valence-corrected chi connectivity index (χ4v) is 2.61. The molecule has 0 spiro atoms. The van der Waals surface area contributed by atoms with Crippen LogP contribution in [0.5, 0.6) is 0 Å². The van der Waals surface area contributed by atoms with Crippen LogP contribution >= 0.6 is 45.2 Å². The minimum atomic E-state index is -0.0707. The van der Waals surface area contributed by atoms with Gasteiger partial charge in [0.25, 0.3) is 5.91 Å². The Morgan fingerprint density at radius 2 is 1.83 bits per heavy atom. The van der Waals surface area contributed by atoms with Crippen molar-refractivity contribution in [3.8, 4) is 0 Å². The van der Waals surface area contributed by atoms with Crippen LogP contribution in [0.15, 0.2) is 42.5 Å². The summed E-state index contributed by atoms with van der Waals surface area (Å²) in [5.74, 6) is -0.0707. The minimum absolute atomic E-state index is 0.0707. The molecule has 0 heterocycles. The summed E-state index contributed by atoms with van der Waals surface area (Å²) in [6.45, 7) is 2.01. The molecular weight excluding hydrogens is 452 g/mol. The lowest BCUT2D eigenvalue weighted by Crippen LogP contribution is -2.13. The van der Waals surface area contributed by atoms with E-state index in [0.29, 0.717) is 5.56 Å². The van der Waals surface area contributed by atoms with Crippen LogP contribution in [0.1, 0.15) is 15.9 Å². The molecule has 0 unspecified atom stereocenters. The lowest BCUT2D eigenvalue weighted by molar-refractivity contribution is 0.102. The Kier molecular flexibility index (Phi) is 4.60. The third kappa shape index (κ3) is 3.23. The van der Waals surface area contributed by atoms with Crippen molar-refractivity contribution < 1.29 is 4.79 Å². The van der Waals surface area contributed by atoms with Crippen molar-refractivity contribution in [2.75, 3.05) is 5.32 Å². The smallest absolute Gasteiger partial charge is 0.255 e. The van der Waals surface area contributed by atoms with Gasteiger partial charge in [-0.25, -0.2) is 0 Å². The van der Waals surface area contributed by atoms with E-state index in [4.69, 9.17) is 0 Å². The maximum absolute atomic E-state index is 12.1. The molecule has 0 aliphatic heterocycles. The number of rotatable bonds is 2. The van der Waals surface area contributed by atoms with Gasteiger partial charge in [-0.3, -0.25) is 4.79 Å². The first kappa shape index (κ1) is 13.8. The molecule has 2 aromatic carbocycles. The minimum Gasteiger partial charge on any atom is -0.322 e. The average Bonchev–Trinajstić information content (AvgIpc) is 2.35. The fraction of sp³-hybridized carbons (Fsp3) is 0.0714. The highest BCUT2D eigenvalue weighted by Crippen LogP contribution is 2.21. The number of halogens is 2. The van der Waals surface area contributed by atoms with Gasteiger partial charge in [0.1, 0.15) is 0 Å². The predicted octanol–water partition coefficient (Wildman–Crippen LogP) is 4.46. The number of carbonyl (C=O) groups is 1. The SMILES string of the molecule is Cc1c(I)cccc1NC(=O)c1cccc(I)c1. The van der Waals surface area contributed by atoms with E-state index in [9.17, 15) is 4.79 Å². The van der Waals surface area contributed by atoms with Gasteiger partial charge >= 0.3 is 0 Å². The second-order valence-electron chi connectivity index (χ2n) is 3.88. The highest BCUT2D eigenvalue weighted by molar-refractivity contribution is 14.1. The van der Waals surface area contributed by atoms with Crippen molar-refractivity contribution in [2.24, 2.45) is 0 Å². The van der Waals surface area contributed by atoms with Gasteiger partial charge in [0.2, 0.25) is 0 Å². The van der Waals surface area contributed by atoms with Crippen molar-refractivity contribution in [2.45, 2.75) is 6.92 Å². The summed E-state index contributed by atoms with van der Waals surface area (Å²) in [6, 6.07) is 13.4. The van der Waals surface area contributed by atoms with Crippen LogP contribution in [0.4, 0.5) is 5.69 Å². The van der Waals surface area contributed by atoms with Gasteiger partial charge in [-0.1, -0.05) is 12.1 Å². The van der Waals surface area contributed by atoms with E-state index in [1.807, 2.05) is 49.4 Å². The average molecular weight is 463 g/mol. The van der Waals surface area contributed by atoms with Crippen molar-refractivity contribution in [1.82, 2.24) is 0 Å². The molecule has 0 fully saturated rings. The molecule has 1 amide bonds. The Morgan fingerprint density at radius 1 is 1.11 bits per heavy atom. The Labute approximate surface area is 133 Å². The van der Waals surface area contributed by atoms with Crippen molar-refractivity contribution in [3.63, 3.8) is 0 Å². The maximum Gasteiger partial charge on any atom is 0.255 e. The topological polar surface area (TPSA) is 29.1 Å². The molecule has 0 aliphatic carbocycles. The molecule has 2 nitrogen and oxygen atoms in total. The van der Waals surface area contributed by atoms with Crippen LogP contribution in [0.2, 0.25) is 0 Å². The van der Waals surface area contributed by atoms with Gasteiger partial charge in [-0.2, -0.15) is 0 Å². The van der Waals surface area contributed by atoms with Crippen LogP contribution in [0.25, 0.3) is 0 Å². The quantitative estimate of drug-likeness (QED) is 0.656. The van der Waals surface area contributed by atoms with Crippen molar-refractivity contribution in [1.29, 1.82) is 0 Å². The number of hydrogen-bond donors (Lipinski definition) is 1. The zero-order valence-corrected chi connectivity index (χ0v) is 14.0. The molecule has 1 N–H and O–H groups in total. The monoisotopic (exact) mass is 463 g/mol. The fourth-order valence-electron chi connectivity index (χ4n) is 1.57. The van der Waals surface area contributed by atoms with E-state index in [-0.39, 0.29) is 5.91 Å². The van der Waals surface area contributed by atoms with E-state index >= 15 is 0 Å². The highest BCUT2D eigenvalue weighted by atomic mass is 127. The van der Waals surface area contributed by atoms with Crippen LogP contribution in [-0.2, 0) is 0 Å². The summed E-state index contributed by atoms with van der Waals surface area (Å²) in [7, 11) is 0. The summed E-state index contributed by atoms with van der Waals surface area (Å²) in [6.07, 6.45) is 0. The molecule has 18 heavy (non-hydrogen) atoms. The zero-order chi connectivity index (χ0) is 13.1. The Morgan fingerprint density at radius 3 is 2.56 bits per heavy atom. The largest absolute Gasteiger partial charge is 0.322 e. The highest BCUT2D eigenvalue weighted by Gasteiger charge is 2.08. The first-order valence-corrected chi connectivity index (χ1v) is 7.55. The summed E-state index contributed by atoms with van der Waals surface area (Å²) < 4.78 is 2.20. The van der Waals surface area contributed by atoms with Gasteiger partial charge in [0.05, 0.1) is 0 Å². The van der Waals surface area contributed by atoms with Crippen LogP contribution in [0.3, 0.4) is 0 Å². The predicted molar refractivity (Wildman–Crippen MR) is 91.0 cm³/mol. The van der Waals surface area contributed by atoms with E-state index < -0.39 is 0 Å². The molecule has 0 aromatic heterocycles. The number of anilines is 1. The third-order valence-electron chi connectivity index (χ3n) is 2.60. The van der Waals surface area contributed by atoms with E-state index in [2.05, 4.69) is 50.5 Å². The molecule has 92 valence electrons. The van der Waals surface area contributed by atoms with Gasteiger partial charge in [-0.15, -0.1) is 0 Å². The second kappa shape index (κ2) is 6.01. The van der Waals surface area contributed by atoms with Crippen LogP contribution in [-0.4, -0.2) is 5.91 Å². The van der Waals surface area contributed by atoms with E-state index in [1.54, 1.807) is 0 Å². The van der Waals surface area contributed by atoms with Gasteiger partial charge in [-0.05, 0) is 88.0 Å². The molecule has 0 radical (unpaired) electrons. The molecule has 0 aliphatic rings. The molecule has 0 saturated heterocycles. The second-order valence-corrected chi connectivity index (χ2v) is 6.28. The number of hydrogen-bond acceptors (Lipinski definition) is 1. The number of nitrogens with one attached hydrogen (secondary N) is 1. The summed E-state index contributed by atoms with van der Waals surface area (Å²) in [5, 5.41) is 2.95. The van der Waals surface area contributed by atoms with Crippen molar-refractivity contribution >= 4 is 56.8 Å². The van der Waals surface area contributed by atoms with Gasteiger partial charge in [0.15, 0.2) is 0 Å². The molecule has 0 bridgehead atoms. The molecule has 2 rings (SSSR count). The number of benzene rings is 2. The lowest BCUT2D eigenvalue weighted by Gasteiger charge is -2.09. The molecule has 4 heteroatoms. The Hall–Kier alpha value is -0.630. The van der Waals surface area contributed by atoms with Gasteiger partial charge in [0, 0.05) is 18.4 Å². The number of amides is 1.